The monoisotopic (exact) mass is 613 g/mol. The number of likely N-dealkylation sites (N-methyl/N-ethyl adjacent to an activating group) is 1. The number of aryl methyl sites for hydroxylation is 1. The molecule has 1 aliphatic carbocycles. The number of ether oxygens (including phenoxy) is 3. The largest absolute Gasteiger partial charge is 0.487 e. The molecule has 2 heterocycles. The zero-order chi connectivity index (χ0) is 31.1. The zero-order valence-corrected chi connectivity index (χ0v) is 25.9. The van der Waals surface area contributed by atoms with E-state index < -0.39 is 0 Å². The van der Waals surface area contributed by atoms with E-state index >= 15 is 0 Å². The molecule has 3 aliphatic rings. The van der Waals surface area contributed by atoms with E-state index in [-0.39, 0.29) is 17.9 Å². The lowest BCUT2D eigenvalue weighted by atomic mass is 9.84. The number of hydrogen-bond donors (Lipinski definition) is 2. The molecule has 2 N–H and O–H groups in total. The molecule has 44 heavy (non-hydrogen) atoms. The van der Waals surface area contributed by atoms with Gasteiger partial charge in [-0.3, -0.25) is 9.79 Å². The predicted molar refractivity (Wildman–Crippen MR) is 170 cm³/mol. The SMILES string of the molecule is Cc1ccccc1COc1ccc(N=C2C(C#N)=CNC3=CC(O[C@H]4CCOC4)=C(NC(=O)/C=C/CN(C)C)CC32)cc1Cl. The van der Waals surface area contributed by atoms with E-state index in [0.29, 0.717) is 72.0 Å². The van der Waals surface area contributed by atoms with E-state index in [1.807, 2.05) is 62.3 Å². The van der Waals surface area contributed by atoms with Crippen LogP contribution in [0.4, 0.5) is 5.69 Å². The molecule has 0 saturated carbocycles. The van der Waals surface area contributed by atoms with Gasteiger partial charge in [-0.1, -0.05) is 41.9 Å². The van der Waals surface area contributed by atoms with Crippen LogP contribution >= 0.6 is 11.6 Å². The average Bonchev–Trinajstić information content (AvgIpc) is 3.51. The lowest BCUT2D eigenvalue weighted by Gasteiger charge is -2.32. The van der Waals surface area contributed by atoms with E-state index in [0.717, 1.165) is 23.2 Å². The molecule has 2 aromatic carbocycles. The fourth-order valence-corrected chi connectivity index (χ4v) is 5.31. The number of allylic oxidation sites excluding steroid dienone is 4. The van der Waals surface area contributed by atoms with Crippen molar-refractivity contribution in [3.8, 4) is 11.8 Å². The topological polar surface area (TPSA) is 108 Å². The smallest absolute Gasteiger partial charge is 0.247 e. The first-order chi connectivity index (χ1) is 21.3. The number of hydrogen-bond acceptors (Lipinski definition) is 8. The minimum atomic E-state index is -0.321. The van der Waals surface area contributed by atoms with Crippen LogP contribution in [0.3, 0.4) is 0 Å². The molecule has 1 saturated heterocycles. The average molecular weight is 614 g/mol. The molecule has 1 fully saturated rings. The quantitative estimate of drug-likeness (QED) is 0.342. The highest BCUT2D eigenvalue weighted by atomic mass is 35.5. The molecule has 10 heteroatoms. The summed E-state index contributed by atoms with van der Waals surface area (Å²) in [5.41, 5.74) is 5.22. The van der Waals surface area contributed by atoms with Gasteiger partial charge in [0.05, 0.1) is 40.9 Å². The molecule has 228 valence electrons. The number of benzene rings is 2. The number of aliphatic imine (C=N–C) groups is 1. The Balaban J connectivity index is 1.40. The summed E-state index contributed by atoms with van der Waals surface area (Å²) in [5.74, 6) is 0.541. The van der Waals surface area contributed by atoms with Gasteiger partial charge in [0.1, 0.15) is 30.3 Å². The maximum absolute atomic E-state index is 12.9. The Hall–Kier alpha value is -4.36. The second-order valence-electron chi connectivity index (χ2n) is 11.1. The highest BCUT2D eigenvalue weighted by Gasteiger charge is 2.34. The van der Waals surface area contributed by atoms with Gasteiger partial charge in [0.15, 0.2) is 0 Å². The van der Waals surface area contributed by atoms with Crippen LogP contribution in [0.1, 0.15) is 24.0 Å². The molecule has 0 spiro atoms. The van der Waals surface area contributed by atoms with Crippen molar-refractivity contribution >= 4 is 28.9 Å². The van der Waals surface area contributed by atoms with Crippen molar-refractivity contribution < 1.29 is 19.0 Å². The first kappa shape index (κ1) is 31.1. The van der Waals surface area contributed by atoms with Crippen LogP contribution in [-0.4, -0.2) is 56.5 Å². The van der Waals surface area contributed by atoms with E-state index in [2.05, 4.69) is 16.7 Å². The molecule has 0 aromatic heterocycles. The molecule has 0 bridgehead atoms. The molecule has 1 amide bonds. The summed E-state index contributed by atoms with van der Waals surface area (Å²) in [6.45, 7) is 4.19. The minimum absolute atomic E-state index is 0.106. The fourth-order valence-electron chi connectivity index (χ4n) is 5.08. The lowest BCUT2D eigenvalue weighted by Crippen LogP contribution is -2.36. The van der Waals surface area contributed by atoms with Crippen LogP contribution in [0, 0.1) is 24.2 Å². The van der Waals surface area contributed by atoms with Crippen molar-refractivity contribution in [3.63, 3.8) is 0 Å². The van der Waals surface area contributed by atoms with Crippen LogP contribution in [0.2, 0.25) is 5.02 Å². The molecular formula is C34H36ClN5O4. The van der Waals surface area contributed by atoms with E-state index in [1.54, 1.807) is 24.4 Å². The van der Waals surface area contributed by atoms with Crippen molar-refractivity contribution in [2.45, 2.75) is 32.5 Å². The molecule has 5 rings (SSSR count). The van der Waals surface area contributed by atoms with Gasteiger partial charge in [0.25, 0.3) is 0 Å². The Morgan fingerprint density at radius 3 is 2.86 bits per heavy atom. The number of carbonyl (C=O) groups is 1. The third kappa shape index (κ3) is 7.77. The van der Waals surface area contributed by atoms with Crippen LogP contribution in [0.15, 0.2) is 94.6 Å². The molecular weight excluding hydrogens is 578 g/mol. The van der Waals surface area contributed by atoms with E-state index in [1.165, 1.54) is 6.08 Å². The number of halogens is 1. The first-order valence-electron chi connectivity index (χ1n) is 14.5. The van der Waals surface area contributed by atoms with Crippen molar-refractivity contribution in [2.75, 3.05) is 33.9 Å². The maximum Gasteiger partial charge on any atom is 0.247 e. The summed E-state index contributed by atoms with van der Waals surface area (Å²) in [6, 6.07) is 15.6. The molecule has 0 radical (unpaired) electrons. The number of carbonyl (C=O) groups excluding carboxylic acids is 1. The van der Waals surface area contributed by atoms with Gasteiger partial charge >= 0.3 is 0 Å². The summed E-state index contributed by atoms with van der Waals surface area (Å²) >= 11 is 6.61. The maximum atomic E-state index is 12.9. The van der Waals surface area contributed by atoms with E-state index in [4.69, 9.17) is 30.8 Å². The highest BCUT2D eigenvalue weighted by molar-refractivity contribution is 6.32. The van der Waals surface area contributed by atoms with E-state index in [9.17, 15) is 10.1 Å². The van der Waals surface area contributed by atoms with Crippen molar-refractivity contribution in [1.82, 2.24) is 15.5 Å². The third-order valence-corrected chi connectivity index (χ3v) is 7.78. The minimum Gasteiger partial charge on any atom is -0.487 e. The predicted octanol–water partition coefficient (Wildman–Crippen LogP) is 5.47. The molecule has 2 atom stereocenters. The standard InChI is InChI=1S/C34H36ClN5O4/c1-22-7-4-5-8-23(22)20-43-31-11-10-25(15-28(31)35)38-34-24(18-36)19-37-29-17-32(44-26-12-14-42-21-26)30(16-27(29)34)39-33(41)9-6-13-40(2)3/h4-11,15,17,19,26-27,37H,12-14,16,20-21H2,1-3H3,(H,39,41)/b9-6+,38-34?/t26-,27?/m0/s1. The fraction of sp³-hybridized carbons (Fsp3) is 0.324. The second kappa shape index (κ2) is 14.4. The Kier molecular flexibility index (Phi) is 10.2. The lowest BCUT2D eigenvalue weighted by molar-refractivity contribution is -0.116. The van der Waals surface area contributed by atoms with Crippen LogP contribution in [0.5, 0.6) is 5.75 Å². The van der Waals surface area contributed by atoms with Gasteiger partial charge in [-0.25, -0.2) is 0 Å². The number of rotatable bonds is 10. The first-order valence-corrected chi connectivity index (χ1v) is 14.9. The second-order valence-corrected chi connectivity index (χ2v) is 11.5. The van der Waals surface area contributed by atoms with Crippen molar-refractivity contribution in [2.24, 2.45) is 10.9 Å². The van der Waals surface area contributed by atoms with Gasteiger partial charge < -0.3 is 29.7 Å². The van der Waals surface area contributed by atoms with Crippen LogP contribution in [-0.2, 0) is 20.9 Å². The summed E-state index contributed by atoms with van der Waals surface area (Å²) in [6.07, 6.45) is 7.87. The molecule has 9 nitrogen and oxygen atoms in total. The Morgan fingerprint density at radius 2 is 2.14 bits per heavy atom. The Bertz CT molecular complexity index is 1590. The summed E-state index contributed by atoms with van der Waals surface area (Å²) in [7, 11) is 3.87. The normalized spacial score (nSPS) is 20.6. The number of nitriles is 1. The van der Waals surface area contributed by atoms with Gasteiger partial charge in [-0.05, 0) is 50.3 Å². The van der Waals surface area contributed by atoms with Gasteiger partial charge in [0.2, 0.25) is 5.91 Å². The third-order valence-electron chi connectivity index (χ3n) is 7.48. The number of fused-ring (bicyclic) bond motifs is 1. The highest BCUT2D eigenvalue weighted by Crippen LogP contribution is 2.36. The Labute approximate surface area is 263 Å². The molecule has 2 aromatic rings. The molecule has 2 aliphatic heterocycles. The van der Waals surface area contributed by atoms with Crippen molar-refractivity contribution in [3.05, 3.63) is 106 Å². The molecule has 1 unspecified atom stereocenters. The van der Waals surface area contributed by atoms with Crippen LogP contribution < -0.4 is 15.4 Å². The zero-order valence-electron chi connectivity index (χ0n) is 25.1. The van der Waals surface area contributed by atoms with Crippen LogP contribution in [0.25, 0.3) is 0 Å². The number of nitrogens with zero attached hydrogens (tertiary/aromatic N) is 3. The summed E-state index contributed by atoms with van der Waals surface area (Å²) in [4.78, 5) is 19.7. The summed E-state index contributed by atoms with van der Waals surface area (Å²) < 4.78 is 17.8. The number of amides is 1. The van der Waals surface area contributed by atoms with Gasteiger partial charge in [-0.15, -0.1) is 0 Å². The van der Waals surface area contributed by atoms with Crippen molar-refractivity contribution in [1.29, 1.82) is 5.26 Å². The van der Waals surface area contributed by atoms with Gasteiger partial charge in [0, 0.05) is 49.4 Å². The summed E-state index contributed by atoms with van der Waals surface area (Å²) in [5, 5.41) is 16.7. The number of nitrogens with one attached hydrogen (secondary N) is 2. The van der Waals surface area contributed by atoms with Gasteiger partial charge in [-0.2, -0.15) is 5.26 Å². The Morgan fingerprint density at radius 1 is 1.30 bits per heavy atom.